The first-order valence-corrected chi connectivity index (χ1v) is 10.1. The van der Waals surface area contributed by atoms with Gasteiger partial charge >= 0.3 is 0 Å². The van der Waals surface area contributed by atoms with Gasteiger partial charge in [0, 0.05) is 35.8 Å². The third-order valence-electron chi connectivity index (χ3n) is 4.37. The number of sulfonamides is 1. The molecule has 0 amide bonds. The van der Waals surface area contributed by atoms with Crippen LogP contribution in [0.4, 0.5) is 11.4 Å². The summed E-state index contributed by atoms with van der Waals surface area (Å²) >= 11 is 0. The number of nitrogens with one attached hydrogen (secondary N) is 1. The summed E-state index contributed by atoms with van der Waals surface area (Å²) in [5, 5.41) is 10.9. The lowest BCUT2D eigenvalue weighted by atomic mass is 10.1. The quantitative estimate of drug-likeness (QED) is 0.396. The van der Waals surface area contributed by atoms with Crippen LogP contribution in [0.2, 0.25) is 0 Å². The highest BCUT2D eigenvalue weighted by Crippen LogP contribution is 2.25. The Morgan fingerprint density at radius 2 is 1.86 bits per heavy atom. The molecule has 0 unspecified atom stereocenters. The SMILES string of the molecule is Cc1ccn2cc(-c3cccc(NS(=O)(=O)c4cccc([N+](=O)[O-])c4)c3)nc2c1. The normalized spacial score (nSPS) is 11.5. The number of benzene rings is 2. The number of aromatic nitrogens is 2. The minimum Gasteiger partial charge on any atom is -0.306 e. The van der Waals surface area contributed by atoms with E-state index in [4.69, 9.17) is 0 Å². The highest BCUT2D eigenvalue weighted by atomic mass is 32.2. The number of hydrogen-bond donors (Lipinski definition) is 1. The zero-order valence-corrected chi connectivity index (χ0v) is 16.1. The molecule has 0 spiro atoms. The van der Waals surface area contributed by atoms with Gasteiger partial charge in [0.05, 0.1) is 15.5 Å². The standard InChI is InChI=1S/C20H16N4O4S/c1-14-8-9-23-13-19(21-20(23)10-14)15-4-2-5-16(11-15)22-29(27,28)18-7-3-6-17(12-18)24(25)26/h2-13,22H,1H3. The predicted molar refractivity (Wildman–Crippen MR) is 109 cm³/mol. The fraction of sp³-hybridized carbons (Fsp3) is 0.0500. The molecule has 0 saturated carbocycles. The molecule has 0 radical (unpaired) electrons. The van der Waals surface area contributed by atoms with Crippen LogP contribution in [0.25, 0.3) is 16.9 Å². The number of nitro benzene ring substituents is 1. The lowest BCUT2D eigenvalue weighted by Crippen LogP contribution is -2.13. The maximum Gasteiger partial charge on any atom is 0.270 e. The van der Waals surface area contributed by atoms with Crippen molar-refractivity contribution in [2.75, 3.05) is 4.72 Å². The number of nitro groups is 1. The van der Waals surface area contributed by atoms with Crippen LogP contribution < -0.4 is 4.72 Å². The Morgan fingerprint density at radius 1 is 1.07 bits per heavy atom. The molecule has 0 bridgehead atoms. The summed E-state index contributed by atoms with van der Waals surface area (Å²) in [6.07, 6.45) is 3.78. The average Bonchev–Trinajstić information content (AvgIpc) is 3.11. The number of fused-ring (bicyclic) bond motifs is 1. The zero-order valence-electron chi connectivity index (χ0n) is 15.3. The maximum atomic E-state index is 12.6. The van der Waals surface area contributed by atoms with E-state index in [0.717, 1.165) is 22.8 Å². The number of non-ortho nitro benzene ring substituents is 1. The fourth-order valence-corrected chi connectivity index (χ4v) is 4.03. The molecule has 0 saturated heterocycles. The molecule has 29 heavy (non-hydrogen) atoms. The van der Waals surface area contributed by atoms with E-state index >= 15 is 0 Å². The van der Waals surface area contributed by atoms with Gasteiger partial charge in [0.15, 0.2) is 0 Å². The molecule has 0 aliphatic carbocycles. The number of imidazole rings is 1. The van der Waals surface area contributed by atoms with Crippen molar-refractivity contribution in [1.29, 1.82) is 0 Å². The summed E-state index contributed by atoms with van der Waals surface area (Å²) in [6, 6.07) is 15.7. The second kappa shape index (κ2) is 7.02. The molecule has 1 N–H and O–H groups in total. The summed E-state index contributed by atoms with van der Waals surface area (Å²) < 4.78 is 29.7. The van der Waals surface area contributed by atoms with E-state index in [-0.39, 0.29) is 10.6 Å². The first-order chi connectivity index (χ1) is 13.8. The van der Waals surface area contributed by atoms with Crippen molar-refractivity contribution < 1.29 is 13.3 Å². The third kappa shape index (κ3) is 3.81. The van der Waals surface area contributed by atoms with E-state index in [1.165, 1.54) is 18.2 Å². The fourth-order valence-electron chi connectivity index (χ4n) is 2.94. The van der Waals surface area contributed by atoms with Gasteiger partial charge in [0.2, 0.25) is 0 Å². The molecule has 2 aromatic carbocycles. The summed E-state index contributed by atoms with van der Waals surface area (Å²) in [6.45, 7) is 1.98. The average molecular weight is 408 g/mol. The second-order valence-electron chi connectivity index (χ2n) is 6.54. The lowest BCUT2D eigenvalue weighted by Gasteiger charge is -2.09. The number of nitrogens with zero attached hydrogens (tertiary/aromatic N) is 3. The van der Waals surface area contributed by atoms with E-state index in [1.54, 1.807) is 18.2 Å². The van der Waals surface area contributed by atoms with Crippen LogP contribution in [-0.2, 0) is 10.0 Å². The van der Waals surface area contributed by atoms with Gasteiger partial charge in [0.25, 0.3) is 15.7 Å². The van der Waals surface area contributed by atoms with Gasteiger partial charge in [-0.1, -0.05) is 18.2 Å². The molecular weight excluding hydrogens is 392 g/mol. The van der Waals surface area contributed by atoms with Crippen LogP contribution in [0.3, 0.4) is 0 Å². The van der Waals surface area contributed by atoms with E-state index < -0.39 is 14.9 Å². The summed E-state index contributed by atoms with van der Waals surface area (Å²) in [5.74, 6) is 0. The van der Waals surface area contributed by atoms with E-state index in [1.807, 2.05) is 41.9 Å². The number of aryl methyl sites for hydroxylation is 1. The van der Waals surface area contributed by atoms with Crippen LogP contribution in [0, 0.1) is 17.0 Å². The summed E-state index contributed by atoms with van der Waals surface area (Å²) in [5.41, 5.74) is 3.37. The van der Waals surface area contributed by atoms with Crippen LogP contribution >= 0.6 is 0 Å². The van der Waals surface area contributed by atoms with Gasteiger partial charge < -0.3 is 4.40 Å². The van der Waals surface area contributed by atoms with Gasteiger partial charge in [0.1, 0.15) is 5.65 Å². The van der Waals surface area contributed by atoms with E-state index in [2.05, 4.69) is 9.71 Å². The Morgan fingerprint density at radius 3 is 2.66 bits per heavy atom. The van der Waals surface area contributed by atoms with Crippen LogP contribution in [0.5, 0.6) is 0 Å². The third-order valence-corrected chi connectivity index (χ3v) is 5.74. The monoisotopic (exact) mass is 408 g/mol. The predicted octanol–water partition coefficient (Wildman–Crippen LogP) is 4.02. The Kier molecular flexibility index (Phi) is 4.51. The molecule has 0 aliphatic heterocycles. The number of rotatable bonds is 5. The number of pyridine rings is 1. The Bertz CT molecular complexity index is 1350. The molecule has 0 fully saturated rings. The van der Waals surface area contributed by atoms with Crippen LogP contribution in [0.1, 0.15) is 5.56 Å². The van der Waals surface area contributed by atoms with Crippen molar-refractivity contribution in [2.45, 2.75) is 11.8 Å². The Labute approximate surface area is 166 Å². The van der Waals surface area contributed by atoms with Crippen LogP contribution in [-0.4, -0.2) is 22.7 Å². The van der Waals surface area contributed by atoms with E-state index in [0.29, 0.717) is 11.4 Å². The number of anilines is 1. The van der Waals surface area contributed by atoms with Crippen molar-refractivity contribution in [3.8, 4) is 11.3 Å². The maximum absolute atomic E-state index is 12.6. The Balaban J connectivity index is 1.66. The molecule has 2 aromatic heterocycles. The first kappa shape index (κ1) is 18.6. The highest BCUT2D eigenvalue weighted by molar-refractivity contribution is 7.92. The molecule has 2 heterocycles. The molecule has 146 valence electrons. The van der Waals surface area contributed by atoms with E-state index in [9.17, 15) is 18.5 Å². The molecule has 0 atom stereocenters. The molecule has 0 aliphatic rings. The summed E-state index contributed by atoms with van der Waals surface area (Å²) in [7, 11) is -3.98. The minimum atomic E-state index is -3.98. The van der Waals surface area contributed by atoms with Crippen molar-refractivity contribution >= 4 is 27.0 Å². The molecule has 4 rings (SSSR count). The molecule has 4 aromatic rings. The molecule has 9 heteroatoms. The van der Waals surface area contributed by atoms with Gasteiger partial charge in [-0.25, -0.2) is 13.4 Å². The van der Waals surface area contributed by atoms with Gasteiger partial charge in [-0.3, -0.25) is 14.8 Å². The van der Waals surface area contributed by atoms with Gasteiger partial charge in [-0.15, -0.1) is 0 Å². The van der Waals surface area contributed by atoms with Gasteiger partial charge in [-0.05, 0) is 42.8 Å². The van der Waals surface area contributed by atoms with Crippen LogP contribution in [0.15, 0.2) is 78.0 Å². The first-order valence-electron chi connectivity index (χ1n) is 8.65. The molecule has 8 nitrogen and oxygen atoms in total. The zero-order chi connectivity index (χ0) is 20.6. The highest BCUT2D eigenvalue weighted by Gasteiger charge is 2.18. The summed E-state index contributed by atoms with van der Waals surface area (Å²) in [4.78, 5) is 14.7. The minimum absolute atomic E-state index is 0.180. The lowest BCUT2D eigenvalue weighted by molar-refractivity contribution is -0.385. The smallest absolute Gasteiger partial charge is 0.270 e. The number of hydrogen-bond acceptors (Lipinski definition) is 5. The van der Waals surface area contributed by atoms with Crippen molar-refractivity contribution in [3.63, 3.8) is 0 Å². The van der Waals surface area contributed by atoms with Crippen molar-refractivity contribution in [2.24, 2.45) is 0 Å². The largest absolute Gasteiger partial charge is 0.306 e. The second-order valence-corrected chi connectivity index (χ2v) is 8.22. The Hall–Kier alpha value is -3.72. The molecular formula is C20H16N4O4S. The van der Waals surface area contributed by atoms with Gasteiger partial charge in [-0.2, -0.15) is 0 Å². The topological polar surface area (TPSA) is 107 Å². The van der Waals surface area contributed by atoms with Crippen molar-refractivity contribution in [1.82, 2.24) is 9.38 Å². The van der Waals surface area contributed by atoms with Crippen molar-refractivity contribution in [3.05, 3.63) is 88.7 Å².